The van der Waals surface area contributed by atoms with Crippen molar-refractivity contribution in [3.05, 3.63) is 44.8 Å². The summed E-state index contributed by atoms with van der Waals surface area (Å²) in [4.78, 5) is 2.11. The lowest BCUT2D eigenvalue weighted by Gasteiger charge is -2.01. The van der Waals surface area contributed by atoms with Gasteiger partial charge in [0.1, 0.15) is 5.82 Å². The Morgan fingerprint density at radius 2 is 2.12 bits per heavy atom. The van der Waals surface area contributed by atoms with Gasteiger partial charge in [-0.05, 0) is 46.3 Å². The van der Waals surface area contributed by atoms with Crippen molar-refractivity contribution in [3.8, 4) is 0 Å². The van der Waals surface area contributed by atoms with Gasteiger partial charge in [0, 0.05) is 21.2 Å². The molecule has 0 spiro atoms. The van der Waals surface area contributed by atoms with Crippen LogP contribution in [-0.4, -0.2) is 0 Å². The molecule has 2 aromatic rings. The summed E-state index contributed by atoms with van der Waals surface area (Å²) in [5.74, 6) is 0.550. The summed E-state index contributed by atoms with van der Waals surface area (Å²) in [6.45, 7) is 0. The Kier molecular flexibility index (Phi) is 3.89. The van der Waals surface area contributed by atoms with Gasteiger partial charge in [-0.25, -0.2) is 4.39 Å². The molecule has 2 N–H and O–H groups in total. The second-order valence-corrected chi connectivity index (χ2v) is 6.81. The molecule has 0 aliphatic carbocycles. The summed E-state index contributed by atoms with van der Waals surface area (Å²) in [5, 5.41) is 0. The molecule has 0 radical (unpaired) electrons. The Labute approximate surface area is 110 Å². The molecule has 84 valence electrons. The molecule has 1 heterocycles. The minimum Gasteiger partial charge on any atom is -0.399 e. The van der Waals surface area contributed by atoms with Crippen molar-refractivity contribution in [2.45, 2.75) is 10.6 Å². The number of hydrogen-bond donors (Lipinski definition) is 1. The highest BCUT2D eigenvalue weighted by atomic mass is 79.9. The maximum atomic E-state index is 13.1. The number of benzene rings is 1. The molecule has 0 atom stereocenters. The Bertz CT molecular complexity index is 478. The smallest absolute Gasteiger partial charge is 0.126 e. The van der Waals surface area contributed by atoms with Crippen LogP contribution in [0.4, 0.5) is 10.1 Å². The van der Waals surface area contributed by atoms with Gasteiger partial charge in [0.05, 0.1) is 3.79 Å². The van der Waals surface area contributed by atoms with E-state index in [1.165, 1.54) is 17.0 Å². The van der Waals surface area contributed by atoms with Crippen LogP contribution in [0.1, 0.15) is 4.88 Å². The molecule has 5 heteroatoms. The first-order valence-corrected chi connectivity index (χ1v) is 7.16. The van der Waals surface area contributed by atoms with Gasteiger partial charge in [0.2, 0.25) is 0 Å². The van der Waals surface area contributed by atoms with E-state index in [4.69, 9.17) is 5.73 Å². The minimum atomic E-state index is -0.283. The SMILES string of the molecule is Nc1cc(F)cc(SCc2ccc(Br)s2)c1. The van der Waals surface area contributed by atoms with Crippen molar-refractivity contribution in [1.82, 2.24) is 0 Å². The van der Waals surface area contributed by atoms with Crippen molar-refractivity contribution in [3.63, 3.8) is 0 Å². The number of anilines is 1. The molecule has 16 heavy (non-hydrogen) atoms. The van der Waals surface area contributed by atoms with Gasteiger partial charge >= 0.3 is 0 Å². The molecule has 1 aromatic carbocycles. The average Bonchev–Trinajstić information content (AvgIpc) is 2.60. The highest BCUT2D eigenvalue weighted by molar-refractivity contribution is 9.11. The number of thioether (sulfide) groups is 1. The van der Waals surface area contributed by atoms with Crippen LogP contribution in [0.3, 0.4) is 0 Å². The molecule has 1 aromatic heterocycles. The van der Waals surface area contributed by atoms with Crippen LogP contribution >= 0.6 is 39.0 Å². The standard InChI is InChI=1S/C11H9BrFNS2/c12-11-2-1-9(16-11)6-15-10-4-7(13)3-8(14)5-10/h1-5H,6,14H2. The number of rotatable bonds is 3. The summed E-state index contributed by atoms with van der Waals surface area (Å²) in [6, 6.07) is 8.69. The predicted octanol–water partition coefficient (Wildman–Crippen LogP) is 4.52. The summed E-state index contributed by atoms with van der Waals surface area (Å²) in [5.41, 5.74) is 6.04. The zero-order chi connectivity index (χ0) is 11.5. The van der Waals surface area contributed by atoms with E-state index in [1.54, 1.807) is 29.2 Å². The van der Waals surface area contributed by atoms with Crippen LogP contribution in [0.2, 0.25) is 0 Å². The van der Waals surface area contributed by atoms with Gasteiger partial charge in [-0.2, -0.15) is 0 Å². The van der Waals surface area contributed by atoms with E-state index in [0.29, 0.717) is 5.69 Å². The second-order valence-electron chi connectivity index (χ2n) is 3.21. The Hall–Kier alpha value is -0.520. The molecule has 0 saturated carbocycles. The summed E-state index contributed by atoms with van der Waals surface area (Å²) >= 11 is 6.68. The fraction of sp³-hybridized carbons (Fsp3) is 0.0909. The zero-order valence-corrected chi connectivity index (χ0v) is 11.5. The van der Waals surface area contributed by atoms with Crippen molar-refractivity contribution in [2.24, 2.45) is 0 Å². The Balaban J connectivity index is 2.04. The van der Waals surface area contributed by atoms with Crippen LogP contribution in [0.5, 0.6) is 0 Å². The predicted molar refractivity (Wildman–Crippen MR) is 72.4 cm³/mol. The van der Waals surface area contributed by atoms with Crippen LogP contribution in [0, 0.1) is 5.82 Å². The molecule has 0 fully saturated rings. The quantitative estimate of drug-likeness (QED) is 0.665. The molecule has 2 rings (SSSR count). The molecule has 0 saturated heterocycles. The molecule has 0 aliphatic rings. The lowest BCUT2D eigenvalue weighted by atomic mass is 10.3. The lowest BCUT2D eigenvalue weighted by molar-refractivity contribution is 0.625. The van der Waals surface area contributed by atoms with Crippen LogP contribution < -0.4 is 5.73 Å². The molecule has 1 nitrogen and oxygen atoms in total. The summed E-state index contributed by atoms with van der Waals surface area (Å²) in [7, 11) is 0. The molecule has 0 amide bonds. The van der Waals surface area contributed by atoms with Crippen molar-refractivity contribution in [2.75, 3.05) is 5.73 Å². The first-order chi connectivity index (χ1) is 7.63. The number of halogens is 2. The Morgan fingerprint density at radius 1 is 1.31 bits per heavy atom. The maximum absolute atomic E-state index is 13.1. The number of nitrogen functional groups attached to an aromatic ring is 1. The van der Waals surface area contributed by atoms with Crippen LogP contribution in [0.15, 0.2) is 39.0 Å². The molecular formula is C11H9BrFNS2. The third kappa shape index (κ3) is 3.23. The molecular weight excluding hydrogens is 309 g/mol. The molecule has 0 unspecified atom stereocenters. The first kappa shape index (κ1) is 12.0. The largest absolute Gasteiger partial charge is 0.399 e. The van der Waals surface area contributed by atoms with Gasteiger partial charge < -0.3 is 5.73 Å². The van der Waals surface area contributed by atoms with Gasteiger partial charge in [-0.1, -0.05) is 0 Å². The van der Waals surface area contributed by atoms with E-state index in [1.807, 2.05) is 6.07 Å². The fourth-order valence-electron chi connectivity index (χ4n) is 1.25. The minimum absolute atomic E-state index is 0.283. The number of hydrogen-bond acceptors (Lipinski definition) is 3. The third-order valence-corrected chi connectivity index (χ3v) is 4.73. The maximum Gasteiger partial charge on any atom is 0.126 e. The number of thiophene rings is 1. The normalized spacial score (nSPS) is 10.6. The third-order valence-electron chi connectivity index (χ3n) is 1.90. The van der Waals surface area contributed by atoms with E-state index in [-0.39, 0.29) is 5.82 Å². The lowest BCUT2D eigenvalue weighted by Crippen LogP contribution is -1.87. The molecule has 0 aliphatic heterocycles. The Morgan fingerprint density at radius 3 is 2.75 bits per heavy atom. The fourth-order valence-corrected chi connectivity index (χ4v) is 3.76. The average molecular weight is 318 g/mol. The van der Waals surface area contributed by atoms with E-state index in [2.05, 4.69) is 22.0 Å². The first-order valence-electron chi connectivity index (χ1n) is 4.56. The van der Waals surface area contributed by atoms with Crippen LogP contribution in [-0.2, 0) is 5.75 Å². The van der Waals surface area contributed by atoms with Gasteiger partial charge in [-0.15, -0.1) is 23.1 Å². The van der Waals surface area contributed by atoms with E-state index in [0.717, 1.165) is 14.4 Å². The zero-order valence-electron chi connectivity index (χ0n) is 8.24. The summed E-state index contributed by atoms with van der Waals surface area (Å²) < 4.78 is 14.2. The second kappa shape index (κ2) is 5.21. The highest BCUT2D eigenvalue weighted by Crippen LogP contribution is 2.30. The van der Waals surface area contributed by atoms with Gasteiger partial charge in [0.25, 0.3) is 0 Å². The van der Waals surface area contributed by atoms with Crippen molar-refractivity contribution < 1.29 is 4.39 Å². The molecule has 0 bridgehead atoms. The van der Waals surface area contributed by atoms with Gasteiger partial charge in [-0.3, -0.25) is 0 Å². The van der Waals surface area contributed by atoms with Crippen molar-refractivity contribution >= 4 is 44.7 Å². The monoisotopic (exact) mass is 317 g/mol. The van der Waals surface area contributed by atoms with E-state index < -0.39 is 0 Å². The van der Waals surface area contributed by atoms with Crippen molar-refractivity contribution in [1.29, 1.82) is 0 Å². The highest BCUT2D eigenvalue weighted by Gasteiger charge is 2.02. The van der Waals surface area contributed by atoms with Crippen LogP contribution in [0.25, 0.3) is 0 Å². The number of nitrogens with two attached hydrogens (primary N) is 1. The van der Waals surface area contributed by atoms with Gasteiger partial charge in [0.15, 0.2) is 0 Å². The topological polar surface area (TPSA) is 26.0 Å². The van der Waals surface area contributed by atoms with E-state index in [9.17, 15) is 4.39 Å². The van der Waals surface area contributed by atoms with E-state index >= 15 is 0 Å². The summed E-state index contributed by atoms with van der Waals surface area (Å²) in [6.07, 6.45) is 0.